The smallest absolute Gasteiger partial charge is 0.335 e. The molecular weight excluding hydrogens is 366 g/mol. The average molecular weight is 408 g/mol. The molecule has 0 aromatic heterocycles. The molecule has 1 aromatic rings. The lowest BCUT2D eigenvalue weighted by atomic mass is 10.1. The number of nitrogens with zero attached hydrogens (tertiary/aromatic N) is 1. The fourth-order valence-corrected chi connectivity index (χ4v) is 3.39. The third kappa shape index (κ3) is 11.6. The molecule has 0 saturated carbocycles. The first kappa shape index (κ1) is 27.1. The molecule has 0 heterocycles. The SMILES string of the molecule is CCCC[N+](CCCC)(CCCC)CCCC.O=C([O-])c1ccc(C(=O)O)cc1. The molecule has 29 heavy (non-hydrogen) atoms. The zero-order valence-electron chi connectivity index (χ0n) is 18.9. The quantitative estimate of drug-likeness (QED) is 0.451. The van der Waals surface area contributed by atoms with Crippen molar-refractivity contribution in [2.75, 3.05) is 26.2 Å². The average Bonchev–Trinajstić information content (AvgIpc) is 2.73. The summed E-state index contributed by atoms with van der Waals surface area (Å²) in [5, 5.41) is 18.7. The maximum Gasteiger partial charge on any atom is 0.335 e. The fraction of sp³-hybridized carbons (Fsp3) is 0.667. The van der Waals surface area contributed by atoms with Crippen LogP contribution in [0.2, 0.25) is 0 Å². The van der Waals surface area contributed by atoms with Crippen molar-refractivity contribution in [1.82, 2.24) is 0 Å². The van der Waals surface area contributed by atoms with Crippen molar-refractivity contribution in [1.29, 1.82) is 0 Å². The zero-order chi connectivity index (χ0) is 22.1. The van der Waals surface area contributed by atoms with Crippen molar-refractivity contribution in [2.45, 2.75) is 79.1 Å². The minimum atomic E-state index is -1.31. The van der Waals surface area contributed by atoms with Crippen LogP contribution in [0.15, 0.2) is 24.3 Å². The molecule has 0 radical (unpaired) electrons. The van der Waals surface area contributed by atoms with Crippen LogP contribution in [0.4, 0.5) is 0 Å². The molecule has 166 valence electrons. The number of carboxylic acids is 2. The largest absolute Gasteiger partial charge is 0.545 e. The van der Waals surface area contributed by atoms with Crippen LogP contribution >= 0.6 is 0 Å². The molecule has 1 aromatic carbocycles. The van der Waals surface area contributed by atoms with Crippen LogP contribution in [0, 0.1) is 0 Å². The van der Waals surface area contributed by atoms with Gasteiger partial charge in [0, 0.05) is 0 Å². The van der Waals surface area contributed by atoms with Crippen molar-refractivity contribution >= 4 is 11.9 Å². The van der Waals surface area contributed by atoms with E-state index in [4.69, 9.17) is 5.11 Å². The van der Waals surface area contributed by atoms with Crippen molar-refractivity contribution in [2.24, 2.45) is 0 Å². The van der Waals surface area contributed by atoms with Gasteiger partial charge in [-0.25, -0.2) is 4.79 Å². The number of aromatic carboxylic acids is 2. The Kier molecular flexibility index (Phi) is 14.9. The van der Waals surface area contributed by atoms with Gasteiger partial charge in [0.25, 0.3) is 0 Å². The summed E-state index contributed by atoms with van der Waals surface area (Å²) in [6, 6.07) is 4.82. The maximum atomic E-state index is 10.3. The predicted octanol–water partition coefficient (Wildman–Crippen LogP) is 4.75. The van der Waals surface area contributed by atoms with Crippen LogP contribution in [-0.4, -0.2) is 47.7 Å². The van der Waals surface area contributed by atoms with E-state index in [2.05, 4.69) is 27.7 Å². The Hall–Kier alpha value is -1.88. The molecule has 0 spiro atoms. The number of unbranched alkanes of at least 4 members (excludes halogenated alkanes) is 4. The number of rotatable bonds is 14. The fourth-order valence-electron chi connectivity index (χ4n) is 3.39. The number of benzene rings is 1. The second-order valence-electron chi connectivity index (χ2n) is 7.82. The van der Waals surface area contributed by atoms with Gasteiger partial charge in [0.15, 0.2) is 0 Å². The Morgan fingerprint density at radius 2 is 1.03 bits per heavy atom. The monoisotopic (exact) mass is 407 g/mol. The number of hydrogen-bond donors (Lipinski definition) is 1. The predicted molar refractivity (Wildman–Crippen MR) is 117 cm³/mol. The van der Waals surface area contributed by atoms with Crippen molar-refractivity contribution in [3.05, 3.63) is 35.4 Å². The lowest BCUT2D eigenvalue weighted by molar-refractivity contribution is -0.929. The van der Waals surface area contributed by atoms with E-state index in [-0.39, 0.29) is 11.1 Å². The van der Waals surface area contributed by atoms with Crippen LogP contribution in [0.3, 0.4) is 0 Å². The summed E-state index contributed by atoms with van der Waals surface area (Å²) >= 11 is 0. The Bertz CT molecular complexity index is 498. The Morgan fingerprint density at radius 1 is 0.724 bits per heavy atom. The first-order chi connectivity index (χ1) is 13.9. The molecule has 1 N–H and O–H groups in total. The van der Waals surface area contributed by atoms with E-state index in [9.17, 15) is 14.7 Å². The van der Waals surface area contributed by atoms with Gasteiger partial charge >= 0.3 is 5.97 Å². The highest BCUT2D eigenvalue weighted by Crippen LogP contribution is 2.16. The second kappa shape index (κ2) is 16.0. The molecule has 5 heteroatoms. The summed E-state index contributed by atoms with van der Waals surface area (Å²) in [4.78, 5) is 20.5. The molecule has 0 fully saturated rings. The van der Waals surface area contributed by atoms with E-state index in [1.165, 1.54) is 106 Å². The van der Waals surface area contributed by atoms with Crippen molar-refractivity contribution < 1.29 is 24.3 Å². The minimum Gasteiger partial charge on any atom is -0.545 e. The van der Waals surface area contributed by atoms with E-state index in [0.29, 0.717) is 0 Å². The summed E-state index contributed by atoms with van der Waals surface area (Å²) in [6.07, 6.45) is 11.1. The molecule has 0 amide bonds. The van der Waals surface area contributed by atoms with Crippen molar-refractivity contribution in [3.8, 4) is 0 Å². The van der Waals surface area contributed by atoms with Crippen LogP contribution in [-0.2, 0) is 0 Å². The third-order valence-electron chi connectivity index (χ3n) is 5.31. The Morgan fingerprint density at radius 3 is 1.28 bits per heavy atom. The van der Waals surface area contributed by atoms with Gasteiger partial charge in [-0.1, -0.05) is 65.5 Å². The molecule has 0 bridgehead atoms. The summed E-state index contributed by atoms with van der Waals surface area (Å²) in [5.74, 6) is -2.40. The zero-order valence-corrected chi connectivity index (χ0v) is 18.9. The molecule has 0 unspecified atom stereocenters. The molecule has 0 aliphatic carbocycles. The van der Waals surface area contributed by atoms with Gasteiger partial charge in [0.1, 0.15) is 0 Å². The second-order valence-corrected chi connectivity index (χ2v) is 7.82. The first-order valence-corrected chi connectivity index (χ1v) is 11.3. The lowest BCUT2D eigenvalue weighted by Gasteiger charge is -2.39. The number of carbonyl (C=O) groups excluding carboxylic acids is 1. The van der Waals surface area contributed by atoms with Gasteiger partial charge in [0.05, 0.1) is 37.7 Å². The van der Waals surface area contributed by atoms with Gasteiger partial charge in [-0.15, -0.1) is 0 Å². The highest BCUT2D eigenvalue weighted by atomic mass is 16.4. The van der Waals surface area contributed by atoms with E-state index in [1.807, 2.05) is 0 Å². The Labute approximate surface area is 177 Å². The molecule has 0 atom stereocenters. The highest BCUT2D eigenvalue weighted by molar-refractivity contribution is 5.90. The molecule has 0 saturated heterocycles. The van der Waals surface area contributed by atoms with E-state index < -0.39 is 11.9 Å². The van der Waals surface area contributed by atoms with E-state index in [0.717, 1.165) is 0 Å². The van der Waals surface area contributed by atoms with E-state index >= 15 is 0 Å². The van der Waals surface area contributed by atoms with Crippen molar-refractivity contribution in [3.63, 3.8) is 0 Å². The van der Waals surface area contributed by atoms with Gasteiger partial charge in [-0.3, -0.25) is 0 Å². The molecule has 1 rings (SSSR count). The number of carbonyl (C=O) groups is 2. The van der Waals surface area contributed by atoms with Gasteiger partial charge in [-0.2, -0.15) is 0 Å². The normalized spacial score (nSPS) is 10.9. The van der Waals surface area contributed by atoms with Gasteiger partial charge in [0.2, 0.25) is 0 Å². The lowest BCUT2D eigenvalue weighted by Crippen LogP contribution is -2.50. The van der Waals surface area contributed by atoms with Crippen LogP contribution in [0.25, 0.3) is 0 Å². The third-order valence-corrected chi connectivity index (χ3v) is 5.31. The summed E-state index contributed by atoms with van der Waals surface area (Å²) in [7, 11) is 0. The molecule has 0 aliphatic heterocycles. The maximum absolute atomic E-state index is 10.3. The standard InChI is InChI=1S/C16H36N.C8H6O4/c1-5-9-13-17(14-10-6-2,15-11-7-3)16-12-8-4;9-7(10)5-1-2-6(4-3-5)8(11)12/h5-16H2,1-4H3;1-4H,(H,9,10)(H,11,12)/q+1;/p-1. The van der Waals surface area contributed by atoms with Crippen LogP contribution in [0.1, 0.15) is 99.8 Å². The summed E-state index contributed by atoms with van der Waals surface area (Å²) < 4.78 is 1.42. The van der Waals surface area contributed by atoms with Gasteiger partial charge in [-0.05, 0) is 43.4 Å². The highest BCUT2D eigenvalue weighted by Gasteiger charge is 2.24. The van der Waals surface area contributed by atoms with Crippen LogP contribution in [0.5, 0.6) is 0 Å². The van der Waals surface area contributed by atoms with Crippen LogP contribution < -0.4 is 5.11 Å². The first-order valence-electron chi connectivity index (χ1n) is 11.3. The summed E-state index contributed by atoms with van der Waals surface area (Å²) in [6.45, 7) is 15.0. The molecule has 0 aliphatic rings. The number of quaternary nitrogens is 1. The number of carboxylic acid groups (broad SMARTS) is 2. The minimum absolute atomic E-state index is 0.0278. The van der Waals surface area contributed by atoms with Gasteiger partial charge < -0.3 is 19.5 Å². The number of hydrogen-bond acceptors (Lipinski definition) is 3. The summed E-state index contributed by atoms with van der Waals surface area (Å²) in [5.41, 5.74) is 0.0278. The Balaban J connectivity index is 0.000000571. The molecule has 5 nitrogen and oxygen atoms in total. The topological polar surface area (TPSA) is 77.4 Å². The van der Waals surface area contributed by atoms with E-state index in [1.54, 1.807) is 0 Å². The molecular formula is C24H41NO4.